The van der Waals surface area contributed by atoms with Crippen LogP contribution < -0.4 is 5.32 Å². The summed E-state index contributed by atoms with van der Waals surface area (Å²) in [5.41, 5.74) is 0. The Bertz CT molecular complexity index is 139. The van der Waals surface area contributed by atoms with Gasteiger partial charge in [0.2, 0.25) is 0 Å². The zero-order chi connectivity index (χ0) is 10.4. The standard InChI is InChI=1S/C11H25N3/c1-4-13(5-2)10-11(3)14-8-6-12-7-9-14/h11-12H,4-10H2,1-3H3. The molecule has 1 heterocycles. The van der Waals surface area contributed by atoms with Crippen LogP contribution in [0.2, 0.25) is 0 Å². The molecule has 0 spiro atoms. The summed E-state index contributed by atoms with van der Waals surface area (Å²) in [7, 11) is 0. The fraction of sp³-hybridized carbons (Fsp3) is 1.00. The van der Waals surface area contributed by atoms with Crippen molar-refractivity contribution in [2.45, 2.75) is 26.8 Å². The van der Waals surface area contributed by atoms with Crippen LogP contribution in [0.3, 0.4) is 0 Å². The molecule has 1 atom stereocenters. The smallest absolute Gasteiger partial charge is 0.0195 e. The van der Waals surface area contributed by atoms with Gasteiger partial charge in [0, 0.05) is 38.8 Å². The van der Waals surface area contributed by atoms with E-state index in [0.29, 0.717) is 6.04 Å². The highest BCUT2D eigenvalue weighted by atomic mass is 15.2. The second kappa shape index (κ2) is 6.38. The molecule has 0 saturated carbocycles. The molecule has 0 bridgehead atoms. The first-order valence-corrected chi connectivity index (χ1v) is 5.95. The molecule has 1 unspecified atom stereocenters. The van der Waals surface area contributed by atoms with Gasteiger partial charge in [-0.3, -0.25) is 4.90 Å². The van der Waals surface area contributed by atoms with Crippen LogP contribution in [0.5, 0.6) is 0 Å². The van der Waals surface area contributed by atoms with Crippen molar-refractivity contribution >= 4 is 0 Å². The number of nitrogens with one attached hydrogen (secondary N) is 1. The molecule has 3 nitrogen and oxygen atoms in total. The molecule has 0 aliphatic carbocycles. The van der Waals surface area contributed by atoms with Crippen LogP contribution >= 0.6 is 0 Å². The summed E-state index contributed by atoms with van der Waals surface area (Å²) < 4.78 is 0. The maximum absolute atomic E-state index is 3.40. The summed E-state index contributed by atoms with van der Waals surface area (Å²) >= 11 is 0. The highest BCUT2D eigenvalue weighted by molar-refractivity contribution is 4.75. The zero-order valence-electron chi connectivity index (χ0n) is 9.92. The monoisotopic (exact) mass is 199 g/mol. The third-order valence-corrected chi connectivity index (χ3v) is 3.19. The van der Waals surface area contributed by atoms with Crippen LogP contribution in [-0.4, -0.2) is 61.7 Å². The van der Waals surface area contributed by atoms with Crippen molar-refractivity contribution in [3.05, 3.63) is 0 Å². The fourth-order valence-corrected chi connectivity index (χ4v) is 2.09. The number of rotatable bonds is 5. The molecule has 3 heteroatoms. The summed E-state index contributed by atoms with van der Waals surface area (Å²) in [6.45, 7) is 15.1. The van der Waals surface area contributed by atoms with Gasteiger partial charge in [-0.05, 0) is 20.0 Å². The van der Waals surface area contributed by atoms with E-state index in [1.165, 1.54) is 32.7 Å². The van der Waals surface area contributed by atoms with Gasteiger partial charge in [-0.25, -0.2) is 0 Å². The van der Waals surface area contributed by atoms with E-state index >= 15 is 0 Å². The molecule has 1 saturated heterocycles. The molecule has 1 fully saturated rings. The Morgan fingerprint density at radius 3 is 2.29 bits per heavy atom. The number of likely N-dealkylation sites (N-methyl/N-ethyl adjacent to an activating group) is 1. The first-order valence-electron chi connectivity index (χ1n) is 5.95. The van der Waals surface area contributed by atoms with Crippen molar-refractivity contribution in [2.24, 2.45) is 0 Å². The third kappa shape index (κ3) is 3.56. The lowest BCUT2D eigenvalue weighted by Gasteiger charge is -2.35. The van der Waals surface area contributed by atoms with E-state index in [2.05, 4.69) is 35.9 Å². The molecule has 0 amide bonds. The van der Waals surface area contributed by atoms with E-state index in [4.69, 9.17) is 0 Å². The minimum absolute atomic E-state index is 0.706. The molecule has 1 aliphatic heterocycles. The SMILES string of the molecule is CCN(CC)CC(C)N1CCNCC1. The largest absolute Gasteiger partial charge is 0.314 e. The summed E-state index contributed by atoms with van der Waals surface area (Å²) in [5.74, 6) is 0. The van der Waals surface area contributed by atoms with Gasteiger partial charge in [0.05, 0.1) is 0 Å². The summed E-state index contributed by atoms with van der Waals surface area (Å²) in [5, 5.41) is 3.40. The predicted octanol–water partition coefficient (Wildman–Crippen LogP) is 0.622. The maximum Gasteiger partial charge on any atom is 0.0195 e. The Balaban J connectivity index is 2.27. The predicted molar refractivity (Wildman–Crippen MR) is 61.7 cm³/mol. The van der Waals surface area contributed by atoms with E-state index in [0.717, 1.165) is 13.1 Å². The minimum atomic E-state index is 0.706. The van der Waals surface area contributed by atoms with Crippen LogP contribution in [0, 0.1) is 0 Å². The second-order valence-corrected chi connectivity index (χ2v) is 4.12. The van der Waals surface area contributed by atoms with Crippen molar-refractivity contribution in [3.63, 3.8) is 0 Å². The van der Waals surface area contributed by atoms with E-state index in [1.54, 1.807) is 0 Å². The van der Waals surface area contributed by atoms with Crippen molar-refractivity contribution in [3.8, 4) is 0 Å². The summed E-state index contributed by atoms with van der Waals surface area (Å²) in [4.78, 5) is 5.10. The van der Waals surface area contributed by atoms with Crippen LogP contribution in [0.25, 0.3) is 0 Å². The average molecular weight is 199 g/mol. The van der Waals surface area contributed by atoms with E-state index in [9.17, 15) is 0 Å². The fourth-order valence-electron chi connectivity index (χ4n) is 2.09. The van der Waals surface area contributed by atoms with Gasteiger partial charge in [0.25, 0.3) is 0 Å². The van der Waals surface area contributed by atoms with E-state index < -0.39 is 0 Å². The molecule has 0 aromatic heterocycles. The summed E-state index contributed by atoms with van der Waals surface area (Å²) in [6.07, 6.45) is 0. The normalized spacial score (nSPS) is 21.4. The maximum atomic E-state index is 3.40. The number of hydrogen-bond donors (Lipinski definition) is 1. The number of nitrogens with zero attached hydrogens (tertiary/aromatic N) is 2. The third-order valence-electron chi connectivity index (χ3n) is 3.19. The van der Waals surface area contributed by atoms with Crippen molar-refractivity contribution in [2.75, 3.05) is 45.8 Å². The highest BCUT2D eigenvalue weighted by Crippen LogP contribution is 2.03. The lowest BCUT2D eigenvalue weighted by Crippen LogP contribution is -2.50. The van der Waals surface area contributed by atoms with Gasteiger partial charge < -0.3 is 10.2 Å². The molecule has 14 heavy (non-hydrogen) atoms. The Morgan fingerprint density at radius 2 is 1.79 bits per heavy atom. The topological polar surface area (TPSA) is 18.5 Å². The minimum Gasteiger partial charge on any atom is -0.314 e. The molecule has 1 rings (SSSR count). The molecular weight excluding hydrogens is 174 g/mol. The Kier molecular flexibility index (Phi) is 5.45. The first-order chi connectivity index (χ1) is 6.77. The quantitative estimate of drug-likeness (QED) is 0.700. The first kappa shape index (κ1) is 12.0. The van der Waals surface area contributed by atoms with Crippen molar-refractivity contribution in [1.29, 1.82) is 0 Å². The lowest BCUT2D eigenvalue weighted by molar-refractivity contribution is 0.140. The van der Waals surface area contributed by atoms with Gasteiger partial charge in [0.1, 0.15) is 0 Å². The van der Waals surface area contributed by atoms with Crippen molar-refractivity contribution in [1.82, 2.24) is 15.1 Å². The van der Waals surface area contributed by atoms with E-state index in [1.807, 2.05) is 0 Å². The van der Waals surface area contributed by atoms with Gasteiger partial charge in [-0.2, -0.15) is 0 Å². The number of hydrogen-bond acceptors (Lipinski definition) is 3. The zero-order valence-corrected chi connectivity index (χ0v) is 9.92. The van der Waals surface area contributed by atoms with E-state index in [-0.39, 0.29) is 0 Å². The lowest BCUT2D eigenvalue weighted by atomic mass is 10.2. The average Bonchev–Trinajstić information content (AvgIpc) is 2.26. The van der Waals surface area contributed by atoms with Crippen LogP contribution in [0.1, 0.15) is 20.8 Å². The highest BCUT2D eigenvalue weighted by Gasteiger charge is 2.17. The van der Waals surface area contributed by atoms with Gasteiger partial charge in [-0.1, -0.05) is 13.8 Å². The van der Waals surface area contributed by atoms with Crippen LogP contribution in [0.15, 0.2) is 0 Å². The molecule has 0 aromatic carbocycles. The van der Waals surface area contributed by atoms with Crippen LogP contribution in [-0.2, 0) is 0 Å². The van der Waals surface area contributed by atoms with Gasteiger partial charge in [0.15, 0.2) is 0 Å². The Labute approximate surface area is 88.5 Å². The molecule has 84 valence electrons. The molecule has 0 aromatic rings. The van der Waals surface area contributed by atoms with Crippen molar-refractivity contribution < 1.29 is 0 Å². The Morgan fingerprint density at radius 1 is 1.21 bits per heavy atom. The molecule has 1 N–H and O–H groups in total. The van der Waals surface area contributed by atoms with Crippen LogP contribution in [0.4, 0.5) is 0 Å². The second-order valence-electron chi connectivity index (χ2n) is 4.12. The summed E-state index contributed by atoms with van der Waals surface area (Å²) in [6, 6.07) is 0.706. The molecule has 0 radical (unpaired) electrons. The Hall–Kier alpha value is -0.120. The molecule has 1 aliphatic rings. The van der Waals surface area contributed by atoms with Gasteiger partial charge in [-0.15, -0.1) is 0 Å². The number of piperazine rings is 1. The van der Waals surface area contributed by atoms with Gasteiger partial charge >= 0.3 is 0 Å². The molecular formula is C11H25N3.